The molecule has 1 N–H and O–H groups in total. The number of aliphatic hydroxyl groups is 1. The van der Waals surface area contributed by atoms with Gasteiger partial charge in [-0.1, -0.05) is 25.5 Å². The maximum absolute atomic E-state index is 9.84. The van der Waals surface area contributed by atoms with E-state index in [1.54, 1.807) is 0 Å². The molecule has 0 saturated heterocycles. The van der Waals surface area contributed by atoms with E-state index in [0.717, 1.165) is 18.8 Å². The van der Waals surface area contributed by atoms with Crippen LogP contribution in [0.1, 0.15) is 32.6 Å². The van der Waals surface area contributed by atoms with Gasteiger partial charge in [0, 0.05) is 0 Å². The van der Waals surface area contributed by atoms with Crippen molar-refractivity contribution >= 4 is 0 Å². The molecule has 2 bridgehead atoms. The van der Waals surface area contributed by atoms with Gasteiger partial charge in [0.1, 0.15) is 0 Å². The van der Waals surface area contributed by atoms with Crippen molar-refractivity contribution in [3.05, 3.63) is 12.2 Å². The highest BCUT2D eigenvalue weighted by molar-refractivity contribution is 5.11. The van der Waals surface area contributed by atoms with Gasteiger partial charge in [0.15, 0.2) is 0 Å². The Morgan fingerprint density at radius 1 is 1.42 bits per heavy atom. The van der Waals surface area contributed by atoms with Gasteiger partial charge in [0.25, 0.3) is 0 Å². The van der Waals surface area contributed by atoms with Crippen molar-refractivity contribution in [2.24, 2.45) is 17.8 Å². The van der Waals surface area contributed by atoms with E-state index in [0.29, 0.717) is 11.8 Å². The lowest BCUT2D eigenvalue weighted by molar-refractivity contribution is 0.0845. The van der Waals surface area contributed by atoms with Gasteiger partial charge in [-0.15, -0.1) is 0 Å². The molecule has 0 spiro atoms. The van der Waals surface area contributed by atoms with Gasteiger partial charge in [0.2, 0.25) is 0 Å². The summed E-state index contributed by atoms with van der Waals surface area (Å²) in [6.07, 6.45) is 9.26. The summed E-state index contributed by atoms with van der Waals surface area (Å²) in [4.78, 5) is 0. The standard InChI is InChI=1S/C11H18O/c1-2-3-11(12)10-7-8-4-5-9(10)6-8/h4-5,8-12H,2-3,6-7H2,1H3. The lowest BCUT2D eigenvalue weighted by Crippen LogP contribution is -2.23. The third-order valence-corrected chi connectivity index (χ3v) is 3.41. The average molecular weight is 166 g/mol. The van der Waals surface area contributed by atoms with E-state index in [-0.39, 0.29) is 6.10 Å². The van der Waals surface area contributed by atoms with Crippen LogP contribution in [-0.2, 0) is 0 Å². The molecular weight excluding hydrogens is 148 g/mol. The van der Waals surface area contributed by atoms with Crippen LogP contribution in [0.4, 0.5) is 0 Å². The van der Waals surface area contributed by atoms with Crippen LogP contribution in [0.2, 0.25) is 0 Å². The second-order valence-electron chi connectivity index (χ2n) is 4.30. The van der Waals surface area contributed by atoms with Crippen LogP contribution < -0.4 is 0 Å². The zero-order chi connectivity index (χ0) is 8.55. The smallest absolute Gasteiger partial charge is 0.0574 e. The molecule has 0 aromatic rings. The largest absolute Gasteiger partial charge is 0.393 e. The zero-order valence-electron chi connectivity index (χ0n) is 7.74. The van der Waals surface area contributed by atoms with Crippen LogP contribution in [0.5, 0.6) is 0 Å². The van der Waals surface area contributed by atoms with Crippen LogP contribution in [-0.4, -0.2) is 11.2 Å². The van der Waals surface area contributed by atoms with Crippen molar-refractivity contribution in [2.45, 2.75) is 38.7 Å². The predicted octanol–water partition coefficient (Wildman–Crippen LogP) is 2.36. The summed E-state index contributed by atoms with van der Waals surface area (Å²) < 4.78 is 0. The van der Waals surface area contributed by atoms with Crippen molar-refractivity contribution in [2.75, 3.05) is 0 Å². The van der Waals surface area contributed by atoms with Crippen molar-refractivity contribution < 1.29 is 5.11 Å². The molecule has 2 rings (SSSR count). The van der Waals surface area contributed by atoms with E-state index < -0.39 is 0 Å². The van der Waals surface area contributed by atoms with Crippen LogP contribution in [0.3, 0.4) is 0 Å². The fraction of sp³-hybridized carbons (Fsp3) is 0.818. The van der Waals surface area contributed by atoms with Gasteiger partial charge in [-0.25, -0.2) is 0 Å². The zero-order valence-corrected chi connectivity index (χ0v) is 7.74. The third kappa shape index (κ3) is 1.31. The van der Waals surface area contributed by atoms with Crippen LogP contribution in [0.25, 0.3) is 0 Å². The Hall–Kier alpha value is -0.300. The van der Waals surface area contributed by atoms with Gasteiger partial charge in [-0.05, 0) is 37.0 Å². The summed E-state index contributed by atoms with van der Waals surface area (Å²) in [5.74, 6) is 2.09. The minimum atomic E-state index is -0.0325. The molecule has 0 radical (unpaired) electrons. The first kappa shape index (κ1) is 8.31. The number of hydrogen-bond donors (Lipinski definition) is 1. The Morgan fingerprint density at radius 3 is 2.75 bits per heavy atom. The lowest BCUT2D eigenvalue weighted by Gasteiger charge is -2.23. The molecule has 4 unspecified atom stereocenters. The van der Waals surface area contributed by atoms with E-state index in [1.165, 1.54) is 12.8 Å². The Bertz CT molecular complexity index is 185. The fourth-order valence-corrected chi connectivity index (χ4v) is 2.78. The maximum atomic E-state index is 9.84. The highest BCUT2D eigenvalue weighted by Crippen LogP contribution is 2.45. The van der Waals surface area contributed by atoms with Crippen molar-refractivity contribution in [3.8, 4) is 0 Å². The number of rotatable bonds is 3. The Kier molecular flexibility index (Phi) is 2.22. The van der Waals surface area contributed by atoms with Gasteiger partial charge in [-0.2, -0.15) is 0 Å². The highest BCUT2D eigenvalue weighted by atomic mass is 16.3. The Balaban J connectivity index is 1.93. The molecule has 1 nitrogen and oxygen atoms in total. The summed E-state index contributed by atoms with van der Waals surface area (Å²) >= 11 is 0. The molecule has 12 heavy (non-hydrogen) atoms. The average Bonchev–Trinajstić information content (AvgIpc) is 2.64. The summed E-state index contributed by atoms with van der Waals surface area (Å²) in [5.41, 5.74) is 0. The Labute approximate surface area is 74.5 Å². The Morgan fingerprint density at radius 2 is 2.25 bits per heavy atom. The van der Waals surface area contributed by atoms with Crippen molar-refractivity contribution in [1.29, 1.82) is 0 Å². The SMILES string of the molecule is CCCC(O)C1CC2C=CC1C2. The first-order valence-corrected chi connectivity index (χ1v) is 5.17. The molecule has 0 amide bonds. The molecule has 0 aromatic heterocycles. The van der Waals surface area contributed by atoms with Crippen LogP contribution in [0, 0.1) is 17.8 Å². The molecule has 1 saturated carbocycles. The molecule has 1 heteroatoms. The van der Waals surface area contributed by atoms with E-state index in [9.17, 15) is 5.11 Å². The number of fused-ring (bicyclic) bond motifs is 2. The van der Waals surface area contributed by atoms with Gasteiger partial charge in [-0.3, -0.25) is 0 Å². The van der Waals surface area contributed by atoms with Crippen molar-refractivity contribution in [1.82, 2.24) is 0 Å². The molecule has 68 valence electrons. The molecule has 0 aromatic carbocycles. The number of allylic oxidation sites excluding steroid dienone is 2. The van der Waals surface area contributed by atoms with E-state index in [2.05, 4.69) is 19.1 Å². The van der Waals surface area contributed by atoms with Crippen LogP contribution >= 0.6 is 0 Å². The maximum Gasteiger partial charge on any atom is 0.0574 e. The van der Waals surface area contributed by atoms with Gasteiger partial charge in [0.05, 0.1) is 6.10 Å². The minimum absolute atomic E-state index is 0.0325. The molecule has 0 aliphatic heterocycles. The number of aliphatic hydroxyl groups excluding tert-OH is 1. The van der Waals surface area contributed by atoms with E-state index >= 15 is 0 Å². The molecule has 4 atom stereocenters. The summed E-state index contributed by atoms with van der Waals surface area (Å²) in [6.45, 7) is 2.15. The second-order valence-corrected chi connectivity index (χ2v) is 4.30. The van der Waals surface area contributed by atoms with E-state index in [1.807, 2.05) is 0 Å². The summed E-state index contributed by atoms with van der Waals surface area (Å²) in [6, 6.07) is 0. The molecule has 0 heterocycles. The highest BCUT2D eigenvalue weighted by Gasteiger charge is 2.38. The van der Waals surface area contributed by atoms with Crippen molar-refractivity contribution in [3.63, 3.8) is 0 Å². The topological polar surface area (TPSA) is 20.2 Å². The second kappa shape index (κ2) is 3.21. The molecule has 2 aliphatic carbocycles. The first-order valence-electron chi connectivity index (χ1n) is 5.17. The number of hydrogen-bond acceptors (Lipinski definition) is 1. The summed E-state index contributed by atoms with van der Waals surface area (Å²) in [7, 11) is 0. The third-order valence-electron chi connectivity index (χ3n) is 3.41. The van der Waals surface area contributed by atoms with Crippen LogP contribution in [0.15, 0.2) is 12.2 Å². The normalized spacial score (nSPS) is 40.7. The van der Waals surface area contributed by atoms with Gasteiger partial charge >= 0.3 is 0 Å². The first-order chi connectivity index (χ1) is 5.81. The monoisotopic (exact) mass is 166 g/mol. The quantitative estimate of drug-likeness (QED) is 0.638. The lowest BCUT2D eigenvalue weighted by atomic mass is 9.86. The molecule has 2 aliphatic rings. The minimum Gasteiger partial charge on any atom is -0.393 e. The molecular formula is C11H18O. The molecule has 1 fully saturated rings. The van der Waals surface area contributed by atoms with Gasteiger partial charge < -0.3 is 5.11 Å². The predicted molar refractivity (Wildman–Crippen MR) is 49.8 cm³/mol. The fourth-order valence-electron chi connectivity index (χ4n) is 2.78. The van der Waals surface area contributed by atoms with E-state index in [4.69, 9.17) is 0 Å². The summed E-state index contributed by atoms with van der Waals surface area (Å²) in [5, 5.41) is 9.84.